The average Bonchev–Trinajstić information content (AvgIpc) is 2.81. The molecule has 7 nitrogen and oxygen atoms in total. The van der Waals surface area contributed by atoms with Gasteiger partial charge in [-0.05, 0) is 37.7 Å². The van der Waals surface area contributed by atoms with E-state index < -0.39 is 16.0 Å². The van der Waals surface area contributed by atoms with E-state index in [4.69, 9.17) is 5.11 Å². The minimum atomic E-state index is -3.65. The van der Waals surface area contributed by atoms with Gasteiger partial charge in [0.25, 0.3) is 0 Å². The highest BCUT2D eigenvalue weighted by Crippen LogP contribution is 2.14. The number of carboxylic acids is 1. The summed E-state index contributed by atoms with van der Waals surface area (Å²) in [5.74, 6) is -1.10. The van der Waals surface area contributed by atoms with Crippen LogP contribution in [0.15, 0.2) is 29.4 Å². The zero-order chi connectivity index (χ0) is 15.5. The van der Waals surface area contributed by atoms with Crippen molar-refractivity contribution in [2.24, 2.45) is 0 Å². The fourth-order valence-corrected chi connectivity index (χ4v) is 3.42. The Labute approximate surface area is 123 Å². The summed E-state index contributed by atoms with van der Waals surface area (Å²) in [6.07, 6.45) is 5.66. The van der Waals surface area contributed by atoms with Gasteiger partial charge in [-0.25, -0.2) is 17.9 Å². The largest absolute Gasteiger partial charge is 0.478 e. The lowest BCUT2D eigenvalue weighted by atomic mass is 10.2. The van der Waals surface area contributed by atoms with Gasteiger partial charge in [-0.3, -0.25) is 4.98 Å². The predicted molar refractivity (Wildman–Crippen MR) is 77.1 cm³/mol. The van der Waals surface area contributed by atoms with Crippen LogP contribution in [0.3, 0.4) is 0 Å². The summed E-state index contributed by atoms with van der Waals surface area (Å²) in [7, 11) is -1.71. The molecule has 1 aliphatic heterocycles. The smallest absolute Gasteiger partial charge is 0.328 e. The van der Waals surface area contributed by atoms with Crippen molar-refractivity contribution in [1.82, 2.24) is 14.6 Å². The fraction of sp³-hybridized carbons (Fsp3) is 0.385. The van der Waals surface area contributed by atoms with Crippen LogP contribution >= 0.6 is 0 Å². The number of rotatable bonds is 5. The molecule has 1 aromatic heterocycles. The van der Waals surface area contributed by atoms with Gasteiger partial charge in [0, 0.05) is 31.1 Å². The van der Waals surface area contributed by atoms with E-state index in [1.54, 1.807) is 0 Å². The van der Waals surface area contributed by atoms with Crippen LogP contribution in [0.2, 0.25) is 0 Å². The first-order chi connectivity index (χ1) is 9.87. The molecular weight excluding hydrogens is 294 g/mol. The Morgan fingerprint density at radius 3 is 2.90 bits per heavy atom. The Hall–Kier alpha value is -1.77. The van der Waals surface area contributed by atoms with Gasteiger partial charge in [-0.1, -0.05) is 0 Å². The summed E-state index contributed by atoms with van der Waals surface area (Å²) in [5, 5.41) is 8.58. The molecular formula is C13H17N3O4S. The van der Waals surface area contributed by atoms with Crippen molar-refractivity contribution in [3.63, 3.8) is 0 Å². The number of likely N-dealkylation sites (tertiary alicyclic amines) is 1. The van der Waals surface area contributed by atoms with Crippen molar-refractivity contribution in [2.75, 3.05) is 20.1 Å². The minimum absolute atomic E-state index is 0.0320. The minimum Gasteiger partial charge on any atom is -0.478 e. The first kappa shape index (κ1) is 15.6. The molecule has 8 heteroatoms. The molecule has 1 aliphatic rings. The van der Waals surface area contributed by atoms with Crippen LogP contribution in [0.1, 0.15) is 12.0 Å². The molecule has 0 aromatic carbocycles. The van der Waals surface area contributed by atoms with Gasteiger partial charge in [0.2, 0.25) is 10.0 Å². The number of carbonyl (C=O) groups is 1. The van der Waals surface area contributed by atoms with Gasteiger partial charge < -0.3 is 10.0 Å². The van der Waals surface area contributed by atoms with Crippen LogP contribution in [0.25, 0.3) is 6.08 Å². The molecule has 21 heavy (non-hydrogen) atoms. The number of aliphatic carboxylic acids is 1. The number of likely N-dealkylation sites (N-methyl/N-ethyl adjacent to an activating group) is 1. The van der Waals surface area contributed by atoms with Crippen LogP contribution < -0.4 is 4.72 Å². The Kier molecular flexibility index (Phi) is 4.71. The molecule has 0 amide bonds. The fourth-order valence-electron chi connectivity index (χ4n) is 2.16. The normalized spacial score (nSPS) is 20.1. The van der Waals surface area contributed by atoms with Crippen molar-refractivity contribution >= 4 is 22.1 Å². The average molecular weight is 311 g/mol. The number of aromatic nitrogens is 1. The lowest BCUT2D eigenvalue weighted by Crippen LogP contribution is -2.36. The molecule has 1 unspecified atom stereocenters. The first-order valence-electron chi connectivity index (χ1n) is 6.44. The van der Waals surface area contributed by atoms with Gasteiger partial charge in [0.1, 0.15) is 4.90 Å². The summed E-state index contributed by atoms with van der Waals surface area (Å²) >= 11 is 0. The molecule has 2 N–H and O–H groups in total. The Morgan fingerprint density at radius 2 is 2.29 bits per heavy atom. The second-order valence-electron chi connectivity index (χ2n) is 4.99. The molecule has 0 bridgehead atoms. The van der Waals surface area contributed by atoms with Gasteiger partial charge in [0.05, 0.1) is 0 Å². The number of hydrogen-bond acceptors (Lipinski definition) is 5. The van der Waals surface area contributed by atoms with Crippen LogP contribution in [-0.2, 0) is 14.8 Å². The van der Waals surface area contributed by atoms with Crippen molar-refractivity contribution < 1.29 is 18.3 Å². The third-order valence-electron chi connectivity index (χ3n) is 3.18. The molecule has 0 spiro atoms. The van der Waals surface area contributed by atoms with E-state index in [1.807, 2.05) is 7.05 Å². The Balaban J connectivity index is 2.16. The maximum absolute atomic E-state index is 12.3. The molecule has 2 heterocycles. The van der Waals surface area contributed by atoms with Crippen molar-refractivity contribution in [3.8, 4) is 0 Å². The standard InChI is InChI=1S/C13H17N3O4S/c1-16-5-4-11(9-16)15-21(19,20)12-6-10(7-14-8-12)2-3-13(17)18/h2-3,6-8,11,15H,4-5,9H2,1H3,(H,17,18). The molecule has 1 atom stereocenters. The number of hydrogen-bond donors (Lipinski definition) is 2. The van der Waals surface area contributed by atoms with E-state index in [0.29, 0.717) is 12.1 Å². The highest BCUT2D eigenvalue weighted by Gasteiger charge is 2.25. The third-order valence-corrected chi connectivity index (χ3v) is 4.66. The maximum Gasteiger partial charge on any atom is 0.328 e. The van der Waals surface area contributed by atoms with Crippen molar-refractivity contribution in [1.29, 1.82) is 0 Å². The van der Waals surface area contributed by atoms with E-state index in [-0.39, 0.29) is 10.9 Å². The highest BCUT2D eigenvalue weighted by molar-refractivity contribution is 7.89. The maximum atomic E-state index is 12.3. The van der Waals surface area contributed by atoms with E-state index in [9.17, 15) is 13.2 Å². The van der Waals surface area contributed by atoms with Gasteiger partial charge in [-0.15, -0.1) is 0 Å². The monoisotopic (exact) mass is 311 g/mol. The SMILES string of the molecule is CN1CCC(NS(=O)(=O)c2cncc(C=CC(=O)O)c2)C1. The molecule has 1 saturated heterocycles. The predicted octanol–water partition coefficient (Wildman–Crippen LogP) is 0.162. The molecule has 0 radical (unpaired) electrons. The van der Waals surface area contributed by atoms with E-state index in [0.717, 1.165) is 19.0 Å². The zero-order valence-electron chi connectivity index (χ0n) is 11.6. The lowest BCUT2D eigenvalue weighted by Gasteiger charge is -2.13. The van der Waals surface area contributed by atoms with E-state index in [1.165, 1.54) is 24.5 Å². The van der Waals surface area contributed by atoms with Crippen LogP contribution in [-0.4, -0.2) is 55.6 Å². The second-order valence-corrected chi connectivity index (χ2v) is 6.71. The molecule has 114 valence electrons. The summed E-state index contributed by atoms with van der Waals surface area (Å²) in [6.45, 7) is 1.53. The van der Waals surface area contributed by atoms with Gasteiger partial charge >= 0.3 is 5.97 Å². The highest BCUT2D eigenvalue weighted by atomic mass is 32.2. The summed E-state index contributed by atoms with van der Waals surface area (Å²) < 4.78 is 27.2. The zero-order valence-corrected chi connectivity index (χ0v) is 12.4. The first-order valence-corrected chi connectivity index (χ1v) is 7.92. The third kappa shape index (κ3) is 4.35. The summed E-state index contributed by atoms with van der Waals surface area (Å²) in [5.41, 5.74) is 0.420. The number of carboxylic acid groups (broad SMARTS) is 1. The number of nitrogens with zero attached hydrogens (tertiary/aromatic N) is 2. The lowest BCUT2D eigenvalue weighted by molar-refractivity contribution is -0.131. The molecule has 0 aliphatic carbocycles. The molecule has 1 fully saturated rings. The number of sulfonamides is 1. The Bertz CT molecular complexity index is 657. The van der Waals surface area contributed by atoms with Crippen LogP contribution in [0.4, 0.5) is 0 Å². The second kappa shape index (κ2) is 6.33. The van der Waals surface area contributed by atoms with Gasteiger partial charge in [0.15, 0.2) is 0 Å². The summed E-state index contributed by atoms with van der Waals surface area (Å²) in [6, 6.07) is 1.28. The molecule has 2 rings (SSSR count). The quantitative estimate of drug-likeness (QED) is 0.752. The van der Waals surface area contributed by atoms with Gasteiger partial charge in [-0.2, -0.15) is 0 Å². The van der Waals surface area contributed by atoms with E-state index in [2.05, 4.69) is 14.6 Å². The molecule has 1 aromatic rings. The summed E-state index contributed by atoms with van der Waals surface area (Å²) in [4.78, 5) is 16.4. The topological polar surface area (TPSA) is 99.6 Å². The van der Waals surface area contributed by atoms with E-state index >= 15 is 0 Å². The Morgan fingerprint density at radius 1 is 1.52 bits per heavy atom. The van der Waals surface area contributed by atoms with Crippen molar-refractivity contribution in [3.05, 3.63) is 30.1 Å². The molecule has 0 saturated carbocycles. The number of pyridine rings is 1. The van der Waals surface area contributed by atoms with Crippen molar-refractivity contribution in [2.45, 2.75) is 17.4 Å². The van der Waals surface area contributed by atoms with Crippen LogP contribution in [0, 0.1) is 0 Å². The number of nitrogens with one attached hydrogen (secondary N) is 1. The van der Waals surface area contributed by atoms with Crippen LogP contribution in [0.5, 0.6) is 0 Å².